The van der Waals surface area contributed by atoms with E-state index in [9.17, 15) is 0 Å². The third-order valence-corrected chi connectivity index (χ3v) is 25.2. The average Bonchev–Trinajstić information content (AvgIpc) is 2.83. The summed E-state index contributed by atoms with van der Waals surface area (Å²) in [6.07, 6.45) is 7.21. The minimum absolute atomic E-state index is 0.00159. The summed E-state index contributed by atoms with van der Waals surface area (Å²) in [7, 11) is -5.17. The minimum Gasteiger partial charge on any atom is -0.411 e. The highest BCUT2D eigenvalue weighted by atomic mass is 28.4. The molecule has 3 nitrogen and oxygen atoms in total. The lowest BCUT2D eigenvalue weighted by Crippen LogP contribution is -2.72. The SMILES string of the molecule is CC[Si](CC)(CC)OC12CC3CC(O[Si](CC)(CC)CC)(C1)CC(O[Si](CC)(CC)CC)(C3)C2. The Morgan fingerprint density at radius 1 is 0.441 bits per heavy atom. The largest absolute Gasteiger partial charge is 0.411 e. The van der Waals surface area contributed by atoms with Gasteiger partial charge in [0.05, 0.1) is 16.8 Å². The van der Waals surface area contributed by atoms with Crippen LogP contribution in [0.2, 0.25) is 54.4 Å². The Bertz CT molecular complexity index is 549. The van der Waals surface area contributed by atoms with Gasteiger partial charge in [0, 0.05) is 19.3 Å². The van der Waals surface area contributed by atoms with Crippen molar-refractivity contribution >= 4 is 25.0 Å². The summed E-state index contributed by atoms with van der Waals surface area (Å²) < 4.78 is 22.7. The molecule has 0 saturated heterocycles. The second-order valence-electron chi connectivity index (χ2n) is 12.6. The van der Waals surface area contributed by atoms with Gasteiger partial charge < -0.3 is 13.3 Å². The molecule has 4 aliphatic rings. The predicted octanol–water partition coefficient (Wildman–Crippen LogP) is 9.27. The molecule has 0 N–H and O–H groups in total. The van der Waals surface area contributed by atoms with E-state index in [1.54, 1.807) is 0 Å². The fourth-order valence-electron chi connectivity index (χ4n) is 8.80. The van der Waals surface area contributed by atoms with E-state index in [-0.39, 0.29) is 16.8 Å². The lowest BCUT2D eigenvalue weighted by Gasteiger charge is -2.69. The molecule has 4 rings (SSSR count). The van der Waals surface area contributed by atoms with Gasteiger partial charge in [0.25, 0.3) is 0 Å². The smallest absolute Gasteiger partial charge is 0.192 e. The van der Waals surface area contributed by atoms with Crippen molar-refractivity contribution in [2.24, 2.45) is 5.92 Å². The van der Waals surface area contributed by atoms with E-state index >= 15 is 0 Å². The van der Waals surface area contributed by atoms with Gasteiger partial charge in [-0.05, 0) is 79.6 Å². The van der Waals surface area contributed by atoms with Crippen LogP contribution in [0, 0.1) is 5.92 Å². The van der Waals surface area contributed by atoms with Crippen molar-refractivity contribution in [3.05, 3.63) is 0 Å². The quantitative estimate of drug-likeness (QED) is 0.199. The zero-order valence-corrected chi connectivity index (χ0v) is 27.4. The summed E-state index contributed by atoms with van der Waals surface area (Å²) in [5, 5.41) is 0. The molecule has 4 bridgehead atoms. The fraction of sp³-hybridized carbons (Fsp3) is 1.00. The van der Waals surface area contributed by atoms with Crippen LogP contribution in [0.4, 0.5) is 0 Å². The van der Waals surface area contributed by atoms with E-state index < -0.39 is 25.0 Å². The topological polar surface area (TPSA) is 27.7 Å². The van der Waals surface area contributed by atoms with E-state index in [0.717, 1.165) is 19.3 Å². The van der Waals surface area contributed by atoms with Gasteiger partial charge in [-0.2, -0.15) is 0 Å². The molecule has 0 aromatic rings. The third kappa shape index (κ3) is 5.24. The van der Waals surface area contributed by atoms with Crippen molar-refractivity contribution in [2.45, 2.75) is 172 Å². The highest BCUT2D eigenvalue weighted by Gasteiger charge is 2.67. The summed E-state index contributed by atoms with van der Waals surface area (Å²) in [4.78, 5) is 0. The molecule has 4 fully saturated rings. The van der Waals surface area contributed by atoms with Crippen molar-refractivity contribution < 1.29 is 13.3 Å². The fourth-order valence-corrected chi connectivity index (χ4v) is 18.0. The molecule has 0 unspecified atom stereocenters. The molecule has 0 spiro atoms. The number of hydrogen-bond donors (Lipinski definition) is 0. The first-order valence-corrected chi connectivity index (χ1v) is 22.8. The van der Waals surface area contributed by atoms with E-state index in [0.29, 0.717) is 5.92 Å². The Morgan fingerprint density at radius 2 is 0.647 bits per heavy atom. The minimum atomic E-state index is -1.72. The lowest BCUT2D eigenvalue weighted by molar-refractivity contribution is -0.237. The first-order valence-electron chi connectivity index (χ1n) is 15.2. The Morgan fingerprint density at radius 3 is 0.824 bits per heavy atom. The molecule has 6 heteroatoms. The zero-order chi connectivity index (χ0) is 25.3. The summed E-state index contributed by atoms with van der Waals surface area (Å²) in [5.74, 6) is 0.711. The molecule has 0 aromatic heterocycles. The monoisotopic (exact) mass is 526 g/mol. The first kappa shape index (κ1) is 29.1. The summed E-state index contributed by atoms with van der Waals surface area (Å²) in [5.41, 5.74) is -0.00477. The summed E-state index contributed by atoms with van der Waals surface area (Å²) in [6, 6.07) is 11.2. The summed E-state index contributed by atoms with van der Waals surface area (Å²) in [6.45, 7) is 21.5. The van der Waals surface area contributed by atoms with Crippen LogP contribution >= 0.6 is 0 Å². The van der Waals surface area contributed by atoms with Crippen LogP contribution in [0.1, 0.15) is 101 Å². The van der Waals surface area contributed by atoms with Crippen LogP contribution in [0.3, 0.4) is 0 Å². The van der Waals surface area contributed by atoms with Crippen LogP contribution < -0.4 is 0 Å². The zero-order valence-electron chi connectivity index (χ0n) is 24.4. The molecular weight excluding hydrogens is 469 g/mol. The molecule has 0 atom stereocenters. The molecule has 0 aliphatic heterocycles. The van der Waals surface area contributed by atoms with Gasteiger partial charge >= 0.3 is 0 Å². The van der Waals surface area contributed by atoms with E-state index in [1.807, 2.05) is 0 Å². The standard InChI is InChI=1S/C28H58O3Si3/c1-10-32(11-2,12-3)29-26-19-25-20-27(22-26,30-33(13-4,14-5)15-6)24-28(21-25,23-26)31-34(16-7,17-8)18-9/h25H,10-24H2,1-9H3. The predicted molar refractivity (Wildman–Crippen MR) is 154 cm³/mol. The van der Waals surface area contributed by atoms with Crippen LogP contribution in [0.5, 0.6) is 0 Å². The molecular formula is C28H58O3Si3. The maximum atomic E-state index is 7.58. The van der Waals surface area contributed by atoms with Crippen molar-refractivity contribution in [3.63, 3.8) is 0 Å². The highest BCUT2D eigenvalue weighted by molar-refractivity contribution is 6.74. The second-order valence-corrected chi connectivity index (χ2v) is 26.7. The van der Waals surface area contributed by atoms with Gasteiger partial charge in [0.15, 0.2) is 25.0 Å². The average molecular weight is 527 g/mol. The van der Waals surface area contributed by atoms with Crippen LogP contribution in [-0.4, -0.2) is 41.8 Å². The van der Waals surface area contributed by atoms with E-state index in [4.69, 9.17) is 13.3 Å². The molecule has 200 valence electrons. The van der Waals surface area contributed by atoms with Crippen LogP contribution in [0.25, 0.3) is 0 Å². The molecule has 4 saturated carbocycles. The maximum Gasteiger partial charge on any atom is 0.192 e. The molecule has 4 aliphatic carbocycles. The van der Waals surface area contributed by atoms with Gasteiger partial charge in [0.1, 0.15) is 0 Å². The van der Waals surface area contributed by atoms with Crippen molar-refractivity contribution in [1.29, 1.82) is 0 Å². The van der Waals surface area contributed by atoms with Gasteiger partial charge in [-0.25, -0.2) is 0 Å². The third-order valence-electron chi connectivity index (χ3n) is 11.0. The van der Waals surface area contributed by atoms with Crippen molar-refractivity contribution in [1.82, 2.24) is 0 Å². The second kappa shape index (κ2) is 10.7. The molecule has 0 aromatic carbocycles. The Balaban J connectivity index is 2.06. The maximum absolute atomic E-state index is 7.58. The lowest BCUT2D eigenvalue weighted by atomic mass is 9.50. The number of hydrogen-bond acceptors (Lipinski definition) is 3. The Labute approximate surface area is 215 Å². The van der Waals surface area contributed by atoms with Crippen LogP contribution in [-0.2, 0) is 13.3 Å². The van der Waals surface area contributed by atoms with Gasteiger partial charge in [-0.3, -0.25) is 0 Å². The number of rotatable bonds is 15. The van der Waals surface area contributed by atoms with E-state index in [2.05, 4.69) is 62.3 Å². The van der Waals surface area contributed by atoms with Gasteiger partial charge in [-0.1, -0.05) is 62.3 Å². The molecule has 34 heavy (non-hydrogen) atoms. The van der Waals surface area contributed by atoms with Crippen molar-refractivity contribution in [3.8, 4) is 0 Å². The highest BCUT2D eigenvalue weighted by Crippen LogP contribution is 2.65. The molecule has 0 heterocycles. The first-order chi connectivity index (χ1) is 16.1. The summed E-state index contributed by atoms with van der Waals surface area (Å²) >= 11 is 0. The Hall–Kier alpha value is 0.531. The molecule has 0 radical (unpaired) electrons. The van der Waals surface area contributed by atoms with Crippen LogP contribution in [0.15, 0.2) is 0 Å². The van der Waals surface area contributed by atoms with Gasteiger partial charge in [-0.15, -0.1) is 0 Å². The van der Waals surface area contributed by atoms with Gasteiger partial charge in [0.2, 0.25) is 0 Å². The van der Waals surface area contributed by atoms with Crippen molar-refractivity contribution in [2.75, 3.05) is 0 Å². The van der Waals surface area contributed by atoms with E-state index in [1.165, 1.54) is 73.7 Å². The normalized spacial score (nSPS) is 33.6. The Kier molecular flexibility index (Phi) is 9.17. The molecule has 0 amide bonds.